The highest BCUT2D eigenvalue weighted by molar-refractivity contribution is 5.91. The largest absolute Gasteiger partial charge is 0.405 e. The third kappa shape index (κ3) is 2.93. The summed E-state index contributed by atoms with van der Waals surface area (Å²) in [6, 6.07) is 8.37. The van der Waals surface area contributed by atoms with Crippen molar-refractivity contribution < 1.29 is 4.42 Å². The van der Waals surface area contributed by atoms with Gasteiger partial charge in [0, 0.05) is 5.56 Å². The van der Waals surface area contributed by atoms with E-state index in [9.17, 15) is 14.4 Å². The molecule has 0 bridgehead atoms. The molecule has 0 fully saturated rings. The van der Waals surface area contributed by atoms with E-state index in [0.29, 0.717) is 23.1 Å². The molecule has 0 aliphatic rings. The molecule has 25 heavy (non-hydrogen) atoms. The zero-order chi connectivity index (χ0) is 18.0. The van der Waals surface area contributed by atoms with Gasteiger partial charge in [0.25, 0.3) is 5.56 Å². The Labute approximate surface area is 140 Å². The van der Waals surface area contributed by atoms with Crippen molar-refractivity contribution >= 4 is 17.2 Å². The first-order valence-corrected chi connectivity index (χ1v) is 7.55. The standard InChI is InChI=1S/C18H13N3O4/c1-2-3-4-12-13(11-7-5-10(9-19)6-8-11)17(23)25-16-14(12)15(22)20-18(24)21-16/h3-8H,2H2,1H3,(H2,20,21,22,24)/b4-3+. The lowest BCUT2D eigenvalue weighted by Crippen LogP contribution is -2.24. The average Bonchev–Trinajstić information content (AvgIpc) is 2.59. The minimum Gasteiger partial charge on any atom is -0.405 e. The lowest BCUT2D eigenvalue weighted by molar-refractivity contribution is 0.548. The minimum atomic E-state index is -0.753. The van der Waals surface area contributed by atoms with Crippen molar-refractivity contribution in [2.45, 2.75) is 13.3 Å². The van der Waals surface area contributed by atoms with Crippen LogP contribution in [-0.2, 0) is 0 Å². The predicted octanol–water partition coefficient (Wildman–Crippen LogP) is 2.13. The van der Waals surface area contributed by atoms with Crippen LogP contribution in [0.1, 0.15) is 24.5 Å². The van der Waals surface area contributed by atoms with E-state index in [0.717, 1.165) is 0 Å². The SMILES string of the molecule is CC/C=C/c1c(-c2ccc(C#N)cc2)c(=O)oc2[nH]c(=O)[nH]c(=O)c12. The van der Waals surface area contributed by atoms with Crippen molar-refractivity contribution in [2.75, 3.05) is 0 Å². The molecule has 1 aromatic carbocycles. The van der Waals surface area contributed by atoms with E-state index in [4.69, 9.17) is 9.68 Å². The van der Waals surface area contributed by atoms with Crippen LogP contribution in [0.15, 0.2) is 49.1 Å². The van der Waals surface area contributed by atoms with Gasteiger partial charge in [-0.05, 0) is 24.1 Å². The molecule has 3 aromatic rings. The smallest absolute Gasteiger partial charge is 0.346 e. The van der Waals surface area contributed by atoms with Crippen LogP contribution in [0.25, 0.3) is 28.3 Å². The van der Waals surface area contributed by atoms with Crippen LogP contribution in [0.3, 0.4) is 0 Å². The third-order valence-electron chi connectivity index (χ3n) is 3.67. The van der Waals surface area contributed by atoms with E-state index in [1.807, 2.05) is 13.0 Å². The second kappa shape index (κ2) is 6.45. The Kier molecular flexibility index (Phi) is 4.18. The fraction of sp³-hybridized carbons (Fsp3) is 0.111. The average molecular weight is 335 g/mol. The Morgan fingerprint density at radius 1 is 1.16 bits per heavy atom. The molecule has 2 aromatic heterocycles. The van der Waals surface area contributed by atoms with Crippen LogP contribution in [0.2, 0.25) is 0 Å². The fourth-order valence-electron chi connectivity index (χ4n) is 2.55. The molecule has 0 amide bonds. The van der Waals surface area contributed by atoms with Gasteiger partial charge < -0.3 is 4.42 Å². The van der Waals surface area contributed by atoms with Crippen molar-refractivity contribution in [2.24, 2.45) is 0 Å². The maximum absolute atomic E-state index is 12.5. The first-order valence-electron chi connectivity index (χ1n) is 7.55. The number of hydrogen-bond donors (Lipinski definition) is 2. The monoisotopic (exact) mass is 335 g/mol. The highest BCUT2D eigenvalue weighted by atomic mass is 16.4. The van der Waals surface area contributed by atoms with Crippen LogP contribution in [0.4, 0.5) is 0 Å². The number of aromatic amines is 2. The highest BCUT2D eigenvalue weighted by Crippen LogP contribution is 2.26. The van der Waals surface area contributed by atoms with Gasteiger partial charge in [-0.3, -0.25) is 14.8 Å². The van der Waals surface area contributed by atoms with E-state index in [1.54, 1.807) is 36.4 Å². The summed E-state index contributed by atoms with van der Waals surface area (Å²) >= 11 is 0. The molecule has 0 saturated carbocycles. The zero-order valence-corrected chi connectivity index (χ0v) is 13.3. The second-order valence-corrected chi connectivity index (χ2v) is 5.29. The van der Waals surface area contributed by atoms with Gasteiger partial charge >= 0.3 is 11.3 Å². The molecular formula is C18H13N3O4. The minimum absolute atomic E-state index is 0.0864. The highest BCUT2D eigenvalue weighted by Gasteiger charge is 2.18. The molecule has 0 aliphatic heterocycles. The summed E-state index contributed by atoms with van der Waals surface area (Å²) < 4.78 is 5.16. The van der Waals surface area contributed by atoms with Crippen LogP contribution < -0.4 is 16.9 Å². The fourth-order valence-corrected chi connectivity index (χ4v) is 2.55. The first kappa shape index (κ1) is 16.2. The number of nitrogens with zero attached hydrogens (tertiary/aromatic N) is 1. The van der Waals surface area contributed by atoms with Gasteiger partial charge in [0.15, 0.2) is 0 Å². The molecule has 0 spiro atoms. The van der Waals surface area contributed by atoms with E-state index in [1.165, 1.54) is 0 Å². The number of nitrogens with one attached hydrogen (secondary N) is 2. The summed E-state index contributed by atoms with van der Waals surface area (Å²) in [4.78, 5) is 40.7. The Morgan fingerprint density at radius 3 is 2.52 bits per heavy atom. The van der Waals surface area contributed by atoms with Crippen LogP contribution in [-0.4, -0.2) is 9.97 Å². The predicted molar refractivity (Wildman–Crippen MR) is 93.2 cm³/mol. The number of benzene rings is 1. The molecule has 7 nitrogen and oxygen atoms in total. The Hall–Kier alpha value is -3.66. The number of nitriles is 1. The van der Waals surface area contributed by atoms with Crippen LogP contribution in [0, 0.1) is 11.3 Å². The number of fused-ring (bicyclic) bond motifs is 1. The first-order chi connectivity index (χ1) is 12.0. The molecule has 7 heteroatoms. The summed E-state index contributed by atoms with van der Waals surface area (Å²) in [6.07, 6.45) is 4.14. The molecule has 124 valence electrons. The van der Waals surface area contributed by atoms with Crippen molar-refractivity contribution in [1.82, 2.24) is 9.97 Å². The van der Waals surface area contributed by atoms with Crippen LogP contribution >= 0.6 is 0 Å². The number of allylic oxidation sites excluding steroid dienone is 1. The molecule has 0 unspecified atom stereocenters. The summed E-state index contributed by atoms with van der Waals surface area (Å²) in [7, 11) is 0. The Morgan fingerprint density at radius 2 is 1.88 bits per heavy atom. The van der Waals surface area contributed by atoms with Gasteiger partial charge in [-0.1, -0.05) is 31.2 Å². The van der Waals surface area contributed by atoms with Gasteiger partial charge in [-0.2, -0.15) is 5.26 Å². The molecule has 3 rings (SSSR count). The maximum Gasteiger partial charge on any atom is 0.346 e. The van der Waals surface area contributed by atoms with Crippen molar-refractivity contribution in [3.8, 4) is 17.2 Å². The van der Waals surface area contributed by atoms with Gasteiger partial charge in [0.2, 0.25) is 5.71 Å². The van der Waals surface area contributed by atoms with Gasteiger partial charge in [0.1, 0.15) is 5.39 Å². The molecule has 0 aliphatic carbocycles. The van der Waals surface area contributed by atoms with E-state index in [2.05, 4.69) is 9.97 Å². The van der Waals surface area contributed by atoms with Crippen molar-refractivity contribution in [3.05, 3.63) is 72.7 Å². The van der Waals surface area contributed by atoms with Crippen molar-refractivity contribution in [3.63, 3.8) is 0 Å². The third-order valence-corrected chi connectivity index (χ3v) is 3.67. The van der Waals surface area contributed by atoms with Gasteiger partial charge in [-0.15, -0.1) is 0 Å². The van der Waals surface area contributed by atoms with Crippen LogP contribution in [0.5, 0.6) is 0 Å². The molecule has 2 heterocycles. The summed E-state index contributed by atoms with van der Waals surface area (Å²) in [5.41, 5.74) is -0.751. The number of aromatic nitrogens is 2. The quantitative estimate of drug-likeness (QED) is 0.760. The van der Waals surface area contributed by atoms with E-state index >= 15 is 0 Å². The second-order valence-electron chi connectivity index (χ2n) is 5.29. The van der Waals surface area contributed by atoms with Gasteiger partial charge in [-0.25, -0.2) is 9.59 Å². The zero-order valence-electron chi connectivity index (χ0n) is 13.3. The molecule has 2 N–H and O–H groups in total. The van der Waals surface area contributed by atoms with E-state index < -0.39 is 16.9 Å². The van der Waals surface area contributed by atoms with Gasteiger partial charge in [0.05, 0.1) is 17.2 Å². The normalized spacial score (nSPS) is 11.0. The Bertz CT molecular complexity index is 1190. The molecule has 0 radical (unpaired) electrons. The Balaban J connectivity index is 2.45. The summed E-state index contributed by atoms with van der Waals surface area (Å²) in [5, 5.41) is 8.99. The number of rotatable bonds is 3. The number of H-pyrrole nitrogens is 2. The topological polar surface area (TPSA) is 120 Å². The lowest BCUT2D eigenvalue weighted by atomic mass is 9.98. The maximum atomic E-state index is 12.5. The number of hydrogen-bond acceptors (Lipinski definition) is 5. The van der Waals surface area contributed by atoms with E-state index in [-0.39, 0.29) is 16.7 Å². The summed E-state index contributed by atoms with van der Waals surface area (Å²) in [5.74, 6) is 0. The van der Waals surface area contributed by atoms with Crippen molar-refractivity contribution in [1.29, 1.82) is 5.26 Å². The summed E-state index contributed by atoms with van der Waals surface area (Å²) in [6.45, 7) is 1.91. The lowest BCUT2D eigenvalue weighted by Gasteiger charge is -2.08. The molecule has 0 saturated heterocycles. The molecular weight excluding hydrogens is 322 g/mol. The molecule has 0 atom stereocenters.